The van der Waals surface area contributed by atoms with Gasteiger partial charge < -0.3 is 5.11 Å². The summed E-state index contributed by atoms with van der Waals surface area (Å²) in [6, 6.07) is 0. The van der Waals surface area contributed by atoms with Gasteiger partial charge in [-0.25, -0.2) is 4.39 Å². The molecule has 0 amide bonds. The molecule has 0 radical (unpaired) electrons. The minimum Gasteiger partial charge on any atom is -0.389 e. The molecule has 2 aliphatic rings. The second kappa shape index (κ2) is 3.21. The van der Waals surface area contributed by atoms with E-state index in [4.69, 9.17) is 0 Å². The zero-order valence-electron chi connectivity index (χ0n) is 8.17. The zero-order chi connectivity index (χ0) is 9.47. The van der Waals surface area contributed by atoms with Crippen LogP contribution in [0.5, 0.6) is 0 Å². The van der Waals surface area contributed by atoms with Crippen molar-refractivity contribution in [1.82, 2.24) is 4.90 Å². The third-order valence-corrected chi connectivity index (χ3v) is 3.67. The van der Waals surface area contributed by atoms with Gasteiger partial charge in [0.15, 0.2) is 0 Å². The van der Waals surface area contributed by atoms with Gasteiger partial charge in [-0.2, -0.15) is 0 Å². The molecular weight excluding hydrogens is 169 g/mol. The molecule has 2 nitrogen and oxygen atoms in total. The molecule has 3 unspecified atom stereocenters. The number of likely N-dealkylation sites (tertiary alicyclic amines) is 1. The maximum absolute atomic E-state index is 12.1. The van der Waals surface area contributed by atoms with Crippen LogP contribution in [0.25, 0.3) is 0 Å². The maximum Gasteiger partial charge on any atom is 0.117 e. The lowest BCUT2D eigenvalue weighted by molar-refractivity contribution is 0.0454. The number of β-amino-alcohol motifs (C(OH)–C–C–N with tert-alkyl or cyclic N) is 1. The van der Waals surface area contributed by atoms with Crippen LogP contribution in [0.3, 0.4) is 0 Å². The van der Waals surface area contributed by atoms with Crippen LogP contribution in [0.4, 0.5) is 4.39 Å². The molecule has 0 aromatic heterocycles. The van der Waals surface area contributed by atoms with Crippen molar-refractivity contribution in [3.05, 3.63) is 0 Å². The van der Waals surface area contributed by atoms with Gasteiger partial charge in [-0.15, -0.1) is 0 Å². The lowest BCUT2D eigenvalue weighted by Gasteiger charge is -2.36. The molecule has 1 saturated heterocycles. The maximum atomic E-state index is 12.1. The van der Waals surface area contributed by atoms with Crippen LogP contribution in [0, 0.1) is 5.92 Å². The van der Waals surface area contributed by atoms with Gasteiger partial charge >= 0.3 is 0 Å². The van der Waals surface area contributed by atoms with Crippen molar-refractivity contribution in [3.63, 3.8) is 0 Å². The number of halogens is 1. The molecule has 1 saturated carbocycles. The van der Waals surface area contributed by atoms with Crippen LogP contribution in [0.1, 0.15) is 26.2 Å². The van der Waals surface area contributed by atoms with Gasteiger partial charge in [0.2, 0.25) is 0 Å². The molecule has 1 N–H and O–H groups in total. The molecule has 3 heteroatoms. The van der Waals surface area contributed by atoms with Crippen LogP contribution < -0.4 is 0 Å². The zero-order valence-corrected chi connectivity index (χ0v) is 8.17. The number of rotatable bonds is 3. The number of aliphatic hydroxyl groups is 1. The fourth-order valence-corrected chi connectivity index (χ4v) is 2.91. The molecular formula is C10H18FNO. The number of hydrogen-bond donors (Lipinski definition) is 1. The van der Waals surface area contributed by atoms with Gasteiger partial charge in [0.1, 0.15) is 6.67 Å². The second-order valence-electron chi connectivity index (χ2n) is 4.82. The molecule has 2 bridgehead atoms. The summed E-state index contributed by atoms with van der Waals surface area (Å²) in [6.07, 6.45) is 3.00. The molecule has 0 aromatic carbocycles. The Morgan fingerprint density at radius 1 is 1.69 bits per heavy atom. The van der Waals surface area contributed by atoms with Crippen LogP contribution >= 0.6 is 0 Å². The molecule has 1 aliphatic heterocycles. The van der Waals surface area contributed by atoms with Crippen LogP contribution in [-0.4, -0.2) is 41.4 Å². The molecule has 13 heavy (non-hydrogen) atoms. The van der Waals surface area contributed by atoms with Crippen molar-refractivity contribution in [1.29, 1.82) is 0 Å². The monoisotopic (exact) mass is 187 g/mol. The van der Waals surface area contributed by atoms with E-state index in [1.165, 1.54) is 19.3 Å². The molecule has 2 rings (SSSR count). The highest BCUT2D eigenvalue weighted by atomic mass is 19.1. The third-order valence-electron chi connectivity index (χ3n) is 3.67. The summed E-state index contributed by atoms with van der Waals surface area (Å²) < 4.78 is 12.1. The van der Waals surface area contributed by atoms with Crippen molar-refractivity contribution >= 4 is 0 Å². The van der Waals surface area contributed by atoms with E-state index in [0.717, 1.165) is 12.5 Å². The van der Waals surface area contributed by atoms with E-state index in [2.05, 4.69) is 11.8 Å². The molecule has 1 heterocycles. The van der Waals surface area contributed by atoms with E-state index in [-0.39, 0.29) is 5.54 Å². The van der Waals surface area contributed by atoms with E-state index in [0.29, 0.717) is 6.54 Å². The minimum atomic E-state index is -0.781. The van der Waals surface area contributed by atoms with Gasteiger partial charge in [0.25, 0.3) is 0 Å². The molecule has 2 fully saturated rings. The predicted octanol–water partition coefficient (Wildman–Crippen LogP) is 1.19. The Balaban J connectivity index is 1.94. The van der Waals surface area contributed by atoms with E-state index in [1.807, 2.05) is 0 Å². The Hall–Kier alpha value is -0.150. The highest BCUT2D eigenvalue weighted by Crippen LogP contribution is 2.45. The Labute approximate surface area is 78.7 Å². The van der Waals surface area contributed by atoms with E-state index >= 15 is 0 Å². The molecule has 1 aliphatic carbocycles. The molecule has 0 aromatic rings. The topological polar surface area (TPSA) is 23.5 Å². The summed E-state index contributed by atoms with van der Waals surface area (Å²) in [7, 11) is 0. The van der Waals surface area contributed by atoms with Gasteiger partial charge in [0, 0.05) is 18.6 Å². The van der Waals surface area contributed by atoms with Gasteiger partial charge in [0.05, 0.1) is 6.10 Å². The van der Waals surface area contributed by atoms with Gasteiger partial charge in [-0.05, 0) is 32.1 Å². The summed E-state index contributed by atoms with van der Waals surface area (Å²) in [5.74, 6) is 0.803. The Bertz CT molecular complexity index is 199. The van der Waals surface area contributed by atoms with Crippen molar-refractivity contribution in [3.8, 4) is 0 Å². The van der Waals surface area contributed by atoms with Crippen LogP contribution in [0.15, 0.2) is 0 Å². The summed E-state index contributed by atoms with van der Waals surface area (Å²) in [6.45, 7) is 3.21. The standard InChI is InChI=1S/C10H18FNO/c1-10-3-2-8(4-10)6-12(10)7-9(13)5-11/h8-9,13H,2-7H2,1H3. The summed E-state index contributed by atoms with van der Waals surface area (Å²) in [5.41, 5.74) is 0.265. The number of aliphatic hydroxyl groups excluding tert-OH is 1. The van der Waals surface area contributed by atoms with Crippen molar-refractivity contribution in [2.75, 3.05) is 19.8 Å². The fourth-order valence-electron chi connectivity index (χ4n) is 2.91. The Kier molecular flexibility index (Phi) is 2.32. The Morgan fingerprint density at radius 2 is 2.46 bits per heavy atom. The van der Waals surface area contributed by atoms with Crippen molar-refractivity contribution in [2.45, 2.75) is 37.8 Å². The largest absolute Gasteiger partial charge is 0.389 e. The number of alkyl halides is 1. The minimum absolute atomic E-state index is 0.265. The first-order valence-corrected chi connectivity index (χ1v) is 5.13. The van der Waals surface area contributed by atoms with Crippen LogP contribution in [0.2, 0.25) is 0 Å². The normalized spacial score (nSPS) is 41.3. The highest BCUT2D eigenvalue weighted by molar-refractivity contribution is 5.02. The van der Waals surface area contributed by atoms with Gasteiger partial charge in [-0.1, -0.05) is 0 Å². The molecule has 0 spiro atoms. The third kappa shape index (κ3) is 1.59. The van der Waals surface area contributed by atoms with E-state index < -0.39 is 12.8 Å². The SMILES string of the molecule is CC12CCC(CN1CC(O)CF)C2. The fraction of sp³-hybridized carbons (Fsp3) is 1.00. The van der Waals surface area contributed by atoms with Crippen molar-refractivity contribution < 1.29 is 9.50 Å². The van der Waals surface area contributed by atoms with E-state index in [1.54, 1.807) is 0 Å². The first kappa shape index (κ1) is 9.41. The predicted molar refractivity (Wildman–Crippen MR) is 49.3 cm³/mol. The summed E-state index contributed by atoms with van der Waals surface area (Å²) in [4.78, 5) is 2.27. The first-order valence-electron chi connectivity index (χ1n) is 5.13. The smallest absolute Gasteiger partial charge is 0.117 e. The molecule has 3 atom stereocenters. The second-order valence-corrected chi connectivity index (χ2v) is 4.82. The summed E-state index contributed by atoms with van der Waals surface area (Å²) in [5, 5.41) is 9.24. The lowest BCUT2D eigenvalue weighted by atomic mass is 10.00. The number of piperidine rings is 1. The molecule has 76 valence electrons. The van der Waals surface area contributed by atoms with E-state index in [9.17, 15) is 9.50 Å². The Morgan fingerprint density at radius 3 is 2.92 bits per heavy atom. The lowest BCUT2D eigenvalue weighted by Crippen LogP contribution is -2.46. The van der Waals surface area contributed by atoms with Crippen molar-refractivity contribution in [2.24, 2.45) is 5.92 Å². The first-order chi connectivity index (χ1) is 6.14. The summed E-state index contributed by atoms with van der Waals surface area (Å²) >= 11 is 0. The number of hydrogen-bond acceptors (Lipinski definition) is 2. The highest BCUT2D eigenvalue weighted by Gasteiger charge is 2.47. The van der Waals surface area contributed by atoms with Gasteiger partial charge in [-0.3, -0.25) is 4.90 Å². The number of fused-ring (bicyclic) bond motifs is 2. The average molecular weight is 187 g/mol. The van der Waals surface area contributed by atoms with Crippen LogP contribution in [-0.2, 0) is 0 Å². The average Bonchev–Trinajstić information content (AvgIpc) is 2.59. The number of nitrogens with zero attached hydrogens (tertiary/aromatic N) is 1. The quantitative estimate of drug-likeness (QED) is 0.717.